The van der Waals surface area contributed by atoms with Gasteiger partial charge in [-0.1, -0.05) is 0 Å². The summed E-state index contributed by atoms with van der Waals surface area (Å²) in [4.78, 5) is 23.4. The Morgan fingerprint density at radius 2 is 2.27 bits per heavy atom. The lowest BCUT2D eigenvalue weighted by molar-refractivity contribution is -0.124. The normalized spacial score (nSPS) is 7.73. The Hall–Kier alpha value is -1.68. The number of carbonyl (C=O) groups excluding carboxylic acids is 2. The molecular weight excluding hydrogens is 148 g/mol. The van der Waals surface area contributed by atoms with Crippen molar-refractivity contribution in [3.63, 3.8) is 0 Å². The fourth-order valence-electron chi connectivity index (χ4n) is 0.354. The molecule has 0 bridgehead atoms. The first kappa shape index (κ1) is 9.32. The monoisotopic (exact) mass is 156 g/mol. The van der Waals surface area contributed by atoms with Crippen molar-refractivity contribution in [1.29, 1.82) is 0 Å². The molecule has 2 N–H and O–H groups in total. The van der Waals surface area contributed by atoms with Gasteiger partial charge in [0.25, 0.3) is 0 Å². The molecule has 0 saturated heterocycles. The van der Waals surface area contributed by atoms with Gasteiger partial charge in [-0.2, -0.15) is 4.79 Å². The predicted octanol–water partition coefficient (Wildman–Crippen LogP) is -1.85. The van der Waals surface area contributed by atoms with Crippen molar-refractivity contribution < 1.29 is 14.4 Å². The highest BCUT2D eigenvalue weighted by atomic mass is 16.2. The minimum Gasteiger partial charge on any atom is -0.361 e. The highest BCUT2D eigenvalue weighted by Gasteiger charge is 2.02. The summed E-state index contributed by atoms with van der Waals surface area (Å²) in [6.07, 6.45) is 0.670. The first-order valence-electron chi connectivity index (χ1n) is 2.86. The number of hydrogen-bond acceptors (Lipinski definition) is 2. The fourth-order valence-corrected chi connectivity index (χ4v) is 0.354. The summed E-state index contributed by atoms with van der Waals surface area (Å²) in [5.41, 5.74) is 7.87. The van der Waals surface area contributed by atoms with Crippen LogP contribution in [0.25, 0.3) is 5.53 Å². The molecule has 6 nitrogen and oxygen atoms in total. The summed E-state index contributed by atoms with van der Waals surface area (Å²) in [6, 6.07) is 0. The largest absolute Gasteiger partial charge is 0.361 e. The molecule has 60 valence electrons. The van der Waals surface area contributed by atoms with Crippen LogP contribution < -0.4 is 10.6 Å². The van der Waals surface area contributed by atoms with Crippen LogP contribution in [0.2, 0.25) is 0 Å². The number of nitrogens with one attached hydrogen (secondary N) is 2. The highest BCUT2D eigenvalue weighted by Crippen LogP contribution is 1.60. The third kappa shape index (κ3) is 4.80. The van der Waals surface area contributed by atoms with E-state index in [4.69, 9.17) is 5.53 Å². The Kier molecular flexibility index (Phi) is 4.35. The first-order chi connectivity index (χ1) is 5.20. The van der Waals surface area contributed by atoms with Gasteiger partial charge < -0.3 is 16.2 Å². The van der Waals surface area contributed by atoms with Crippen LogP contribution in [-0.2, 0) is 9.59 Å². The SMILES string of the molecule is CNC(=O)CNC(=O)C=[N+]=[N-]. The second kappa shape index (κ2) is 5.13. The van der Waals surface area contributed by atoms with Gasteiger partial charge in [0, 0.05) is 7.05 Å². The molecule has 0 aliphatic carbocycles. The topological polar surface area (TPSA) is 94.6 Å². The van der Waals surface area contributed by atoms with Gasteiger partial charge in [-0.3, -0.25) is 9.59 Å². The molecule has 6 heteroatoms. The number of amides is 2. The zero-order valence-electron chi connectivity index (χ0n) is 6.00. The molecule has 0 aliphatic heterocycles. The van der Waals surface area contributed by atoms with Crippen LogP contribution in [0.5, 0.6) is 0 Å². The molecule has 0 saturated carbocycles. The number of nitrogens with zero attached hydrogens (tertiary/aromatic N) is 2. The van der Waals surface area contributed by atoms with E-state index in [2.05, 4.69) is 15.4 Å². The Balaban J connectivity index is 3.62. The summed E-state index contributed by atoms with van der Waals surface area (Å²) < 4.78 is 0. The standard InChI is InChI=1S/C5H8N4O2/c1-7-4(10)2-8-5(11)3-9-6/h3H,2H2,1H3,(H,7,10)(H,8,11). The van der Waals surface area contributed by atoms with E-state index >= 15 is 0 Å². The van der Waals surface area contributed by atoms with Crippen molar-refractivity contribution in [3.05, 3.63) is 5.53 Å². The molecule has 0 fully saturated rings. The van der Waals surface area contributed by atoms with Crippen LogP contribution >= 0.6 is 0 Å². The van der Waals surface area contributed by atoms with E-state index in [1.54, 1.807) is 0 Å². The van der Waals surface area contributed by atoms with Gasteiger partial charge in [-0.15, -0.1) is 0 Å². The molecule has 0 aliphatic rings. The maximum Gasteiger partial charge on any atom is 0.344 e. The first-order valence-corrected chi connectivity index (χ1v) is 2.86. The average Bonchev–Trinajstić information content (AvgIpc) is 2.01. The van der Waals surface area contributed by atoms with Crippen molar-refractivity contribution in [3.8, 4) is 0 Å². The zero-order chi connectivity index (χ0) is 8.69. The quantitative estimate of drug-likeness (QED) is 0.285. The second-order valence-corrected chi connectivity index (χ2v) is 1.64. The van der Waals surface area contributed by atoms with E-state index < -0.39 is 5.91 Å². The molecule has 2 amide bonds. The molecule has 0 spiro atoms. The van der Waals surface area contributed by atoms with E-state index in [0.29, 0.717) is 6.21 Å². The van der Waals surface area contributed by atoms with Crippen LogP contribution in [0, 0.1) is 0 Å². The van der Waals surface area contributed by atoms with E-state index in [-0.39, 0.29) is 12.5 Å². The minimum atomic E-state index is -0.615. The van der Waals surface area contributed by atoms with Crippen LogP contribution in [0.1, 0.15) is 0 Å². The van der Waals surface area contributed by atoms with Gasteiger partial charge in [0.15, 0.2) is 0 Å². The molecule has 0 atom stereocenters. The van der Waals surface area contributed by atoms with Gasteiger partial charge in [0.1, 0.15) is 0 Å². The van der Waals surface area contributed by atoms with Crippen LogP contribution in [0.15, 0.2) is 0 Å². The van der Waals surface area contributed by atoms with Crippen molar-refractivity contribution in [1.82, 2.24) is 10.6 Å². The van der Waals surface area contributed by atoms with Crippen molar-refractivity contribution >= 4 is 18.0 Å². The Bertz CT molecular complexity index is 207. The van der Waals surface area contributed by atoms with E-state index in [1.807, 2.05) is 0 Å². The lowest BCUT2D eigenvalue weighted by Gasteiger charge is -1.96. The third-order valence-corrected chi connectivity index (χ3v) is 0.877. The minimum absolute atomic E-state index is 0.124. The van der Waals surface area contributed by atoms with Gasteiger partial charge in [0.2, 0.25) is 5.91 Å². The Morgan fingerprint density at radius 1 is 1.64 bits per heavy atom. The molecule has 0 radical (unpaired) electrons. The van der Waals surface area contributed by atoms with Crippen molar-refractivity contribution in [2.75, 3.05) is 13.6 Å². The summed E-state index contributed by atoms with van der Waals surface area (Å²) in [5, 5.41) is 4.48. The van der Waals surface area contributed by atoms with E-state index in [1.165, 1.54) is 7.05 Å². The highest BCUT2D eigenvalue weighted by molar-refractivity contribution is 6.24. The molecule has 11 heavy (non-hydrogen) atoms. The molecular formula is C5H8N4O2. The van der Waals surface area contributed by atoms with Crippen molar-refractivity contribution in [2.24, 2.45) is 0 Å². The number of carbonyl (C=O) groups is 2. The molecule has 0 aromatic carbocycles. The lowest BCUT2D eigenvalue weighted by atomic mass is 10.5. The fraction of sp³-hybridized carbons (Fsp3) is 0.400. The maximum absolute atomic E-state index is 10.5. The summed E-state index contributed by atoms with van der Waals surface area (Å²) in [7, 11) is 1.45. The summed E-state index contributed by atoms with van der Waals surface area (Å²) >= 11 is 0. The van der Waals surface area contributed by atoms with Gasteiger partial charge in [-0.25, -0.2) is 0 Å². The Morgan fingerprint density at radius 3 is 2.73 bits per heavy atom. The van der Waals surface area contributed by atoms with E-state index in [9.17, 15) is 9.59 Å². The molecule has 0 aromatic heterocycles. The van der Waals surface area contributed by atoms with Gasteiger partial charge >= 0.3 is 12.1 Å². The van der Waals surface area contributed by atoms with Gasteiger partial charge in [-0.05, 0) is 0 Å². The number of rotatable bonds is 3. The zero-order valence-corrected chi connectivity index (χ0v) is 6.00. The number of likely N-dealkylation sites (N-methyl/N-ethyl adjacent to an activating group) is 1. The number of hydrogen-bond donors (Lipinski definition) is 2. The maximum atomic E-state index is 10.5. The second-order valence-electron chi connectivity index (χ2n) is 1.64. The average molecular weight is 156 g/mol. The van der Waals surface area contributed by atoms with E-state index in [0.717, 1.165) is 0 Å². The molecule has 0 heterocycles. The van der Waals surface area contributed by atoms with Crippen LogP contribution in [0.3, 0.4) is 0 Å². The van der Waals surface area contributed by atoms with Crippen LogP contribution in [0.4, 0.5) is 0 Å². The Labute approximate surface area is 63.2 Å². The third-order valence-electron chi connectivity index (χ3n) is 0.877. The molecule has 0 unspecified atom stereocenters. The smallest absolute Gasteiger partial charge is 0.344 e. The predicted molar refractivity (Wildman–Crippen MR) is 36.8 cm³/mol. The molecule has 0 rings (SSSR count). The van der Waals surface area contributed by atoms with Crippen molar-refractivity contribution in [2.45, 2.75) is 0 Å². The summed E-state index contributed by atoms with van der Waals surface area (Å²) in [6.45, 7) is -0.124. The molecule has 0 aromatic rings. The summed E-state index contributed by atoms with van der Waals surface area (Å²) in [5.74, 6) is -0.930. The van der Waals surface area contributed by atoms with Gasteiger partial charge in [0.05, 0.1) is 6.54 Å². The lowest BCUT2D eigenvalue weighted by Crippen LogP contribution is -2.35. The van der Waals surface area contributed by atoms with Crippen LogP contribution in [-0.4, -0.2) is 36.4 Å².